The molecule has 0 amide bonds. The average Bonchev–Trinajstić information content (AvgIpc) is 3.00. The molecule has 22 heavy (non-hydrogen) atoms. The monoisotopic (exact) mass is 287 g/mol. The van der Waals surface area contributed by atoms with E-state index >= 15 is 0 Å². The van der Waals surface area contributed by atoms with Crippen molar-refractivity contribution in [1.82, 2.24) is 24.9 Å². The van der Waals surface area contributed by atoms with E-state index in [2.05, 4.69) is 24.9 Å². The van der Waals surface area contributed by atoms with Gasteiger partial charge in [0, 0.05) is 53.1 Å². The van der Waals surface area contributed by atoms with Crippen molar-refractivity contribution in [2.75, 3.05) is 0 Å². The Labute approximate surface area is 127 Å². The van der Waals surface area contributed by atoms with E-state index in [0.717, 1.165) is 33.7 Å². The lowest BCUT2D eigenvalue weighted by atomic mass is 10.1. The van der Waals surface area contributed by atoms with E-state index in [0.29, 0.717) is 6.42 Å². The van der Waals surface area contributed by atoms with E-state index in [4.69, 9.17) is 0 Å². The van der Waals surface area contributed by atoms with Crippen LogP contribution in [0.15, 0.2) is 61.3 Å². The van der Waals surface area contributed by atoms with Gasteiger partial charge in [0.2, 0.25) is 0 Å². The molecule has 4 rings (SSSR count). The predicted octanol–water partition coefficient (Wildman–Crippen LogP) is 3.01. The summed E-state index contributed by atoms with van der Waals surface area (Å²) in [6.45, 7) is 0. The van der Waals surface area contributed by atoms with E-state index < -0.39 is 0 Å². The number of aromatic nitrogens is 5. The molecule has 0 radical (unpaired) electrons. The molecule has 1 N–H and O–H groups in total. The van der Waals surface area contributed by atoms with Crippen LogP contribution in [-0.4, -0.2) is 24.9 Å². The molecule has 0 unspecified atom stereocenters. The highest BCUT2D eigenvalue weighted by Crippen LogP contribution is 2.26. The van der Waals surface area contributed by atoms with Crippen LogP contribution in [0.4, 0.5) is 0 Å². The minimum absolute atomic E-state index is 0.620. The first kappa shape index (κ1) is 12.6. The number of fused-ring (bicyclic) bond motifs is 1. The van der Waals surface area contributed by atoms with Crippen molar-refractivity contribution in [3.8, 4) is 11.3 Å². The van der Waals surface area contributed by atoms with Crippen molar-refractivity contribution < 1.29 is 0 Å². The standard InChI is InChI=1S/C17H13N5/c1-2-6-19-12(3-1)9-17-20-8-5-16(22-17)14-11-21-15-4-7-18-10-13(14)15/h1-8,10-11,21H,9H2. The molecule has 5 nitrogen and oxygen atoms in total. The second-order valence-electron chi connectivity index (χ2n) is 4.98. The summed E-state index contributed by atoms with van der Waals surface area (Å²) in [5.41, 5.74) is 3.93. The third-order valence-corrected chi connectivity index (χ3v) is 3.53. The molecule has 0 aromatic carbocycles. The normalized spacial score (nSPS) is 10.9. The number of nitrogens with one attached hydrogen (secondary N) is 1. The summed E-state index contributed by atoms with van der Waals surface area (Å²) in [5.74, 6) is 0.759. The molecule has 0 aliphatic heterocycles. The fourth-order valence-electron chi connectivity index (χ4n) is 2.47. The van der Waals surface area contributed by atoms with Crippen LogP contribution in [0.3, 0.4) is 0 Å². The number of hydrogen-bond acceptors (Lipinski definition) is 4. The Morgan fingerprint density at radius 3 is 2.86 bits per heavy atom. The molecule has 4 aromatic heterocycles. The van der Waals surface area contributed by atoms with Gasteiger partial charge in [-0.15, -0.1) is 0 Å². The second-order valence-corrected chi connectivity index (χ2v) is 4.98. The van der Waals surface area contributed by atoms with Gasteiger partial charge in [-0.1, -0.05) is 6.07 Å². The van der Waals surface area contributed by atoms with Gasteiger partial charge in [0.1, 0.15) is 5.82 Å². The van der Waals surface area contributed by atoms with E-state index in [1.807, 2.05) is 42.7 Å². The quantitative estimate of drug-likeness (QED) is 0.629. The summed E-state index contributed by atoms with van der Waals surface area (Å²) in [4.78, 5) is 20.8. The Balaban J connectivity index is 1.73. The SMILES string of the molecule is c1ccc(Cc2nccc(-c3c[nH]c4ccncc34)n2)nc1. The molecular weight excluding hydrogens is 274 g/mol. The lowest BCUT2D eigenvalue weighted by Crippen LogP contribution is -1.99. The Bertz CT molecular complexity index is 914. The summed E-state index contributed by atoms with van der Waals surface area (Å²) in [5, 5.41) is 1.06. The fourth-order valence-corrected chi connectivity index (χ4v) is 2.47. The first-order valence-electron chi connectivity index (χ1n) is 7.03. The molecule has 4 heterocycles. The van der Waals surface area contributed by atoms with Gasteiger partial charge in [0.05, 0.1) is 12.1 Å². The number of hydrogen-bond donors (Lipinski definition) is 1. The Hall–Kier alpha value is -3.08. The van der Waals surface area contributed by atoms with Gasteiger partial charge in [0.15, 0.2) is 0 Å². The topological polar surface area (TPSA) is 67.3 Å². The van der Waals surface area contributed by atoms with Crippen molar-refractivity contribution in [2.24, 2.45) is 0 Å². The van der Waals surface area contributed by atoms with Crippen LogP contribution in [0.25, 0.3) is 22.2 Å². The minimum Gasteiger partial charge on any atom is -0.360 e. The zero-order valence-electron chi connectivity index (χ0n) is 11.8. The maximum absolute atomic E-state index is 4.66. The third-order valence-electron chi connectivity index (χ3n) is 3.53. The van der Waals surface area contributed by atoms with E-state index in [9.17, 15) is 0 Å². The highest BCUT2D eigenvalue weighted by atomic mass is 14.9. The van der Waals surface area contributed by atoms with Gasteiger partial charge >= 0.3 is 0 Å². The lowest BCUT2D eigenvalue weighted by Gasteiger charge is -2.03. The third kappa shape index (κ3) is 2.33. The smallest absolute Gasteiger partial charge is 0.134 e. The number of pyridine rings is 2. The molecule has 0 saturated carbocycles. The molecule has 0 aliphatic rings. The number of rotatable bonds is 3. The summed E-state index contributed by atoms with van der Waals surface area (Å²) in [6, 6.07) is 9.72. The molecular formula is C17H13N5. The minimum atomic E-state index is 0.620. The van der Waals surface area contributed by atoms with Crippen LogP contribution in [0, 0.1) is 0 Å². The molecule has 106 valence electrons. The summed E-state index contributed by atoms with van der Waals surface area (Å²) < 4.78 is 0. The van der Waals surface area contributed by atoms with E-state index in [-0.39, 0.29) is 0 Å². The van der Waals surface area contributed by atoms with Crippen LogP contribution in [-0.2, 0) is 6.42 Å². The van der Waals surface area contributed by atoms with Gasteiger partial charge in [-0.05, 0) is 24.3 Å². The number of aromatic amines is 1. The molecule has 0 fully saturated rings. The average molecular weight is 287 g/mol. The summed E-state index contributed by atoms with van der Waals surface area (Å²) >= 11 is 0. The first-order chi connectivity index (χ1) is 10.9. The molecule has 0 aliphatic carbocycles. The maximum Gasteiger partial charge on any atom is 0.134 e. The van der Waals surface area contributed by atoms with Crippen LogP contribution in [0.5, 0.6) is 0 Å². The molecule has 4 aromatic rings. The van der Waals surface area contributed by atoms with Crippen LogP contribution >= 0.6 is 0 Å². The Kier molecular flexibility index (Phi) is 3.08. The van der Waals surface area contributed by atoms with Crippen molar-refractivity contribution in [3.63, 3.8) is 0 Å². The van der Waals surface area contributed by atoms with Crippen molar-refractivity contribution >= 4 is 10.9 Å². The van der Waals surface area contributed by atoms with Crippen LogP contribution < -0.4 is 0 Å². The van der Waals surface area contributed by atoms with Gasteiger partial charge in [-0.2, -0.15) is 0 Å². The zero-order valence-corrected chi connectivity index (χ0v) is 11.8. The van der Waals surface area contributed by atoms with Gasteiger partial charge in [-0.3, -0.25) is 9.97 Å². The lowest BCUT2D eigenvalue weighted by molar-refractivity contribution is 0.939. The van der Waals surface area contributed by atoms with Crippen LogP contribution in [0.2, 0.25) is 0 Å². The maximum atomic E-state index is 4.66. The van der Waals surface area contributed by atoms with Gasteiger partial charge in [-0.25, -0.2) is 9.97 Å². The zero-order chi connectivity index (χ0) is 14.8. The second kappa shape index (κ2) is 5.37. The first-order valence-corrected chi connectivity index (χ1v) is 7.03. The van der Waals surface area contributed by atoms with Crippen LogP contribution in [0.1, 0.15) is 11.5 Å². The molecule has 0 spiro atoms. The number of H-pyrrole nitrogens is 1. The number of nitrogens with zero attached hydrogens (tertiary/aromatic N) is 4. The Morgan fingerprint density at radius 1 is 0.955 bits per heavy atom. The molecule has 5 heteroatoms. The highest BCUT2D eigenvalue weighted by molar-refractivity contribution is 5.93. The van der Waals surface area contributed by atoms with Crippen molar-refractivity contribution in [1.29, 1.82) is 0 Å². The predicted molar refractivity (Wildman–Crippen MR) is 84.2 cm³/mol. The van der Waals surface area contributed by atoms with E-state index in [1.54, 1.807) is 18.6 Å². The van der Waals surface area contributed by atoms with E-state index in [1.165, 1.54) is 0 Å². The molecule has 0 atom stereocenters. The van der Waals surface area contributed by atoms with Crippen molar-refractivity contribution in [2.45, 2.75) is 6.42 Å². The van der Waals surface area contributed by atoms with Gasteiger partial charge < -0.3 is 4.98 Å². The Morgan fingerprint density at radius 2 is 1.95 bits per heavy atom. The summed E-state index contributed by atoms with van der Waals surface area (Å²) in [7, 11) is 0. The van der Waals surface area contributed by atoms with Crippen molar-refractivity contribution in [3.05, 3.63) is 72.8 Å². The summed E-state index contributed by atoms with van der Waals surface area (Å²) in [6.07, 6.45) is 9.77. The molecule has 0 saturated heterocycles. The van der Waals surface area contributed by atoms with Gasteiger partial charge in [0.25, 0.3) is 0 Å². The fraction of sp³-hybridized carbons (Fsp3) is 0.0588. The largest absolute Gasteiger partial charge is 0.360 e. The highest BCUT2D eigenvalue weighted by Gasteiger charge is 2.09. The molecule has 0 bridgehead atoms.